The molecular formula is C24H25F6N3O. The molecule has 2 aromatic carbocycles. The topological polar surface area (TPSA) is 35.6 Å². The van der Waals surface area contributed by atoms with E-state index in [9.17, 15) is 31.1 Å². The third-order valence-corrected chi connectivity index (χ3v) is 6.61. The smallest absolute Gasteiger partial charge is 0.323 e. The van der Waals surface area contributed by atoms with Crippen molar-refractivity contribution in [2.75, 3.05) is 31.5 Å². The van der Waals surface area contributed by atoms with Gasteiger partial charge in [-0.3, -0.25) is 4.90 Å². The lowest BCUT2D eigenvalue weighted by Gasteiger charge is -2.36. The van der Waals surface area contributed by atoms with Gasteiger partial charge in [0.2, 0.25) is 0 Å². The van der Waals surface area contributed by atoms with E-state index in [0.29, 0.717) is 37.6 Å². The number of rotatable bonds is 3. The van der Waals surface area contributed by atoms with Crippen LogP contribution in [-0.2, 0) is 12.4 Å². The maximum atomic E-state index is 13.1. The molecule has 184 valence electrons. The van der Waals surface area contributed by atoms with E-state index in [1.54, 1.807) is 0 Å². The number of nitrogens with zero attached hydrogens (tertiary/aromatic N) is 2. The first-order chi connectivity index (χ1) is 16.0. The van der Waals surface area contributed by atoms with Crippen molar-refractivity contribution in [1.82, 2.24) is 9.80 Å². The van der Waals surface area contributed by atoms with E-state index in [1.165, 1.54) is 10.5 Å². The number of halogens is 6. The maximum absolute atomic E-state index is 13.1. The van der Waals surface area contributed by atoms with Gasteiger partial charge in [-0.1, -0.05) is 30.3 Å². The van der Waals surface area contributed by atoms with Crippen LogP contribution in [0.4, 0.5) is 36.8 Å². The molecule has 2 aromatic rings. The molecule has 0 bridgehead atoms. The second kappa shape index (κ2) is 9.48. The second-order valence-corrected chi connectivity index (χ2v) is 8.83. The van der Waals surface area contributed by atoms with Crippen LogP contribution in [0.3, 0.4) is 0 Å². The predicted molar refractivity (Wildman–Crippen MR) is 115 cm³/mol. The van der Waals surface area contributed by atoms with Gasteiger partial charge in [0, 0.05) is 24.8 Å². The minimum absolute atomic E-state index is 0.0423. The van der Waals surface area contributed by atoms with Gasteiger partial charge in [0.25, 0.3) is 0 Å². The number of hydrogen-bond donors (Lipinski definition) is 1. The van der Waals surface area contributed by atoms with Crippen LogP contribution in [0.25, 0.3) is 0 Å². The quantitative estimate of drug-likeness (QED) is 0.525. The van der Waals surface area contributed by atoms with Crippen LogP contribution < -0.4 is 5.32 Å². The number of urea groups is 1. The Morgan fingerprint density at radius 1 is 0.824 bits per heavy atom. The number of carbonyl (C=O) groups is 1. The third-order valence-electron chi connectivity index (χ3n) is 6.61. The molecule has 4 rings (SSSR count). The molecule has 0 radical (unpaired) electrons. The van der Waals surface area contributed by atoms with Crippen molar-refractivity contribution in [2.24, 2.45) is 0 Å². The Labute approximate surface area is 193 Å². The molecule has 2 amide bonds. The van der Waals surface area contributed by atoms with E-state index in [4.69, 9.17) is 0 Å². The average molecular weight is 485 g/mol. The molecular weight excluding hydrogens is 460 g/mol. The van der Waals surface area contributed by atoms with Gasteiger partial charge in [0.1, 0.15) is 0 Å². The molecule has 2 aliphatic heterocycles. The number of piperidine rings is 1. The number of hydrogen-bond acceptors (Lipinski definition) is 2. The number of benzene rings is 2. The summed E-state index contributed by atoms with van der Waals surface area (Å²) in [5.41, 5.74) is -2.13. The monoisotopic (exact) mass is 485 g/mol. The van der Waals surface area contributed by atoms with E-state index in [-0.39, 0.29) is 12.1 Å². The second-order valence-electron chi connectivity index (χ2n) is 8.83. The van der Waals surface area contributed by atoms with E-state index in [2.05, 4.69) is 22.3 Å². The van der Waals surface area contributed by atoms with E-state index in [1.807, 2.05) is 18.2 Å². The number of nitrogens with one attached hydrogen (secondary N) is 1. The van der Waals surface area contributed by atoms with Gasteiger partial charge < -0.3 is 10.2 Å². The molecule has 10 heteroatoms. The summed E-state index contributed by atoms with van der Waals surface area (Å²) in [6.07, 6.45) is -7.23. The van der Waals surface area contributed by atoms with Gasteiger partial charge in [0.15, 0.2) is 0 Å². The van der Waals surface area contributed by atoms with Crippen molar-refractivity contribution in [1.29, 1.82) is 0 Å². The summed E-state index contributed by atoms with van der Waals surface area (Å²) in [5, 5.41) is 2.23. The first-order valence-corrected chi connectivity index (χ1v) is 11.1. The molecule has 0 aromatic heterocycles. The average Bonchev–Trinajstić information content (AvgIpc) is 3.29. The van der Waals surface area contributed by atoms with Crippen molar-refractivity contribution < 1.29 is 31.1 Å². The Morgan fingerprint density at radius 3 is 1.97 bits per heavy atom. The molecule has 2 fully saturated rings. The molecule has 1 unspecified atom stereocenters. The van der Waals surface area contributed by atoms with Crippen LogP contribution in [0.15, 0.2) is 48.5 Å². The van der Waals surface area contributed by atoms with Crippen LogP contribution in [-0.4, -0.2) is 48.1 Å². The molecule has 2 saturated heterocycles. The number of anilines is 1. The fourth-order valence-electron chi connectivity index (χ4n) is 4.78. The molecule has 1 atom stereocenters. The van der Waals surface area contributed by atoms with E-state index in [0.717, 1.165) is 25.9 Å². The molecule has 0 spiro atoms. The van der Waals surface area contributed by atoms with Crippen LogP contribution in [0.2, 0.25) is 0 Å². The number of alkyl halides is 6. The molecule has 4 nitrogen and oxygen atoms in total. The first-order valence-electron chi connectivity index (χ1n) is 11.1. The molecule has 0 saturated carbocycles. The van der Waals surface area contributed by atoms with Crippen LogP contribution in [0.5, 0.6) is 0 Å². The fourth-order valence-corrected chi connectivity index (χ4v) is 4.78. The highest BCUT2D eigenvalue weighted by atomic mass is 19.4. The highest BCUT2D eigenvalue weighted by molar-refractivity contribution is 5.89. The largest absolute Gasteiger partial charge is 0.416 e. The predicted octanol–water partition coefficient (Wildman–Crippen LogP) is 6.21. The van der Waals surface area contributed by atoms with Gasteiger partial charge in [-0.05, 0) is 62.0 Å². The molecule has 2 aliphatic rings. The molecule has 34 heavy (non-hydrogen) atoms. The lowest BCUT2D eigenvalue weighted by molar-refractivity contribution is -0.143. The Morgan fingerprint density at radius 2 is 1.41 bits per heavy atom. The number of carbonyl (C=O) groups excluding carboxylic acids is 1. The van der Waals surface area contributed by atoms with Gasteiger partial charge in [-0.15, -0.1) is 0 Å². The van der Waals surface area contributed by atoms with Crippen molar-refractivity contribution in [3.8, 4) is 0 Å². The Kier molecular flexibility index (Phi) is 6.80. The Balaban J connectivity index is 1.36. The minimum Gasteiger partial charge on any atom is -0.323 e. The van der Waals surface area contributed by atoms with Crippen molar-refractivity contribution in [3.05, 3.63) is 65.2 Å². The molecule has 2 heterocycles. The minimum atomic E-state index is -4.97. The Bertz CT molecular complexity index is 968. The highest BCUT2D eigenvalue weighted by Crippen LogP contribution is 2.38. The summed E-state index contributed by atoms with van der Waals surface area (Å²) in [4.78, 5) is 16.4. The number of amides is 2. The van der Waals surface area contributed by atoms with Crippen LogP contribution in [0, 0.1) is 0 Å². The van der Waals surface area contributed by atoms with Gasteiger partial charge in [-0.25, -0.2) is 4.79 Å². The summed E-state index contributed by atoms with van der Waals surface area (Å²) < 4.78 is 78.4. The fraction of sp³-hybridized carbons (Fsp3) is 0.458. The zero-order chi connectivity index (χ0) is 24.5. The van der Waals surface area contributed by atoms with E-state index < -0.39 is 35.2 Å². The zero-order valence-electron chi connectivity index (χ0n) is 18.3. The van der Waals surface area contributed by atoms with Crippen LogP contribution in [0.1, 0.15) is 41.9 Å². The lowest BCUT2D eigenvalue weighted by Crippen LogP contribution is -2.43. The maximum Gasteiger partial charge on any atom is 0.416 e. The summed E-state index contributed by atoms with van der Waals surface area (Å²) in [6, 6.07) is 10.8. The first kappa shape index (κ1) is 24.4. The van der Waals surface area contributed by atoms with Crippen molar-refractivity contribution in [2.45, 2.75) is 43.6 Å². The zero-order valence-corrected chi connectivity index (χ0v) is 18.3. The molecule has 1 N–H and O–H groups in total. The normalized spacial score (nSPS) is 20.5. The Hall–Kier alpha value is -2.75. The van der Waals surface area contributed by atoms with Crippen molar-refractivity contribution in [3.63, 3.8) is 0 Å². The molecule has 0 aliphatic carbocycles. The SMILES string of the molecule is O=C(Nc1cc(C(F)(F)F)cc(C(F)(F)F)c1)N1CCC(N2CCC(c3ccccc3)CC2)C1. The standard InChI is InChI=1S/C24H25F6N3O/c25-23(26,27)18-12-19(24(28,29)30)14-20(13-18)31-22(34)33-11-8-21(15-33)32-9-6-17(7-10-32)16-4-2-1-3-5-16/h1-5,12-14,17,21H,6-11,15H2,(H,31,34). The highest BCUT2D eigenvalue weighted by Gasteiger charge is 2.38. The third kappa shape index (κ3) is 5.65. The summed E-state index contributed by atoms with van der Waals surface area (Å²) in [6.45, 7) is 2.53. The van der Waals surface area contributed by atoms with Crippen LogP contribution >= 0.6 is 0 Å². The van der Waals surface area contributed by atoms with Gasteiger partial charge >= 0.3 is 18.4 Å². The summed E-state index contributed by atoms with van der Waals surface area (Å²) in [5.74, 6) is 0.488. The van der Waals surface area contributed by atoms with E-state index >= 15 is 0 Å². The van der Waals surface area contributed by atoms with Crippen molar-refractivity contribution >= 4 is 11.7 Å². The summed E-state index contributed by atoms with van der Waals surface area (Å²) >= 11 is 0. The van der Waals surface area contributed by atoms with Gasteiger partial charge in [0.05, 0.1) is 11.1 Å². The number of likely N-dealkylation sites (tertiary alicyclic amines) is 2. The van der Waals surface area contributed by atoms with Gasteiger partial charge in [-0.2, -0.15) is 26.3 Å². The lowest BCUT2D eigenvalue weighted by atomic mass is 9.89. The summed E-state index contributed by atoms with van der Waals surface area (Å²) in [7, 11) is 0.